The first kappa shape index (κ1) is 18.0. The fourth-order valence-electron chi connectivity index (χ4n) is 3.28. The van der Waals surface area contributed by atoms with Crippen LogP contribution in [0.15, 0.2) is 54.6 Å². The van der Waals surface area contributed by atoms with E-state index >= 15 is 0 Å². The van der Waals surface area contributed by atoms with Crippen molar-refractivity contribution in [3.05, 3.63) is 65.7 Å². The fraction of sp³-hybridized carbons (Fsp3) is 0.333. The average Bonchev–Trinajstić information content (AvgIpc) is 3.46. The molecule has 3 rings (SSSR count). The van der Waals surface area contributed by atoms with E-state index in [2.05, 4.69) is 5.32 Å². The minimum atomic E-state index is -0.860. The summed E-state index contributed by atoms with van der Waals surface area (Å²) < 4.78 is 5.25. The molecule has 3 unspecified atom stereocenters. The van der Waals surface area contributed by atoms with E-state index in [1.54, 1.807) is 7.11 Å². The Morgan fingerprint density at radius 2 is 1.96 bits per heavy atom. The van der Waals surface area contributed by atoms with Gasteiger partial charge >= 0.3 is 5.97 Å². The van der Waals surface area contributed by atoms with Crippen LogP contribution in [0.25, 0.3) is 0 Å². The van der Waals surface area contributed by atoms with Gasteiger partial charge in [-0.1, -0.05) is 42.5 Å². The number of aliphatic carboxylic acids is 1. The summed E-state index contributed by atoms with van der Waals surface area (Å²) in [4.78, 5) is 23.6. The molecule has 1 amide bonds. The standard InChI is InChI=1S/C21H23NO4/c1-26-16-9-5-8-15(12-16)17-13-18(17)21(25)22-19(10-11-20(23)24)14-6-3-2-4-7-14/h2-9,12,17-19H,10-11,13H2,1H3,(H,22,25)(H,23,24). The van der Waals surface area contributed by atoms with Crippen LogP contribution in [0.4, 0.5) is 0 Å². The number of carboxylic acid groups (broad SMARTS) is 1. The van der Waals surface area contributed by atoms with Crippen molar-refractivity contribution in [2.24, 2.45) is 5.92 Å². The van der Waals surface area contributed by atoms with E-state index in [0.717, 1.165) is 23.3 Å². The molecule has 5 nitrogen and oxygen atoms in total. The van der Waals surface area contributed by atoms with Gasteiger partial charge < -0.3 is 15.2 Å². The molecule has 1 aliphatic carbocycles. The van der Waals surface area contributed by atoms with E-state index in [9.17, 15) is 9.59 Å². The second-order valence-electron chi connectivity index (χ2n) is 6.63. The molecule has 5 heteroatoms. The van der Waals surface area contributed by atoms with Crippen LogP contribution in [0.5, 0.6) is 5.75 Å². The number of carbonyl (C=O) groups is 2. The molecule has 1 aliphatic rings. The van der Waals surface area contributed by atoms with Crippen molar-refractivity contribution >= 4 is 11.9 Å². The van der Waals surface area contributed by atoms with Gasteiger partial charge in [-0.05, 0) is 42.0 Å². The topological polar surface area (TPSA) is 75.6 Å². The first-order valence-corrected chi connectivity index (χ1v) is 8.79. The number of carbonyl (C=O) groups excluding carboxylic acids is 1. The van der Waals surface area contributed by atoms with Crippen LogP contribution in [0.1, 0.15) is 42.3 Å². The summed E-state index contributed by atoms with van der Waals surface area (Å²) in [5, 5.41) is 12.0. The van der Waals surface area contributed by atoms with Crippen LogP contribution in [0.3, 0.4) is 0 Å². The van der Waals surface area contributed by atoms with Crippen LogP contribution in [0.2, 0.25) is 0 Å². The van der Waals surface area contributed by atoms with Crippen molar-refractivity contribution in [2.75, 3.05) is 7.11 Å². The molecule has 0 radical (unpaired) electrons. The second-order valence-corrected chi connectivity index (χ2v) is 6.63. The van der Waals surface area contributed by atoms with Gasteiger partial charge in [0.2, 0.25) is 5.91 Å². The van der Waals surface area contributed by atoms with E-state index in [1.807, 2.05) is 54.6 Å². The van der Waals surface area contributed by atoms with Crippen LogP contribution < -0.4 is 10.1 Å². The van der Waals surface area contributed by atoms with E-state index in [1.165, 1.54) is 0 Å². The monoisotopic (exact) mass is 353 g/mol. The third-order valence-corrected chi connectivity index (χ3v) is 4.81. The Hall–Kier alpha value is -2.82. The number of hydrogen-bond donors (Lipinski definition) is 2. The molecule has 0 aliphatic heterocycles. The summed E-state index contributed by atoms with van der Waals surface area (Å²) in [5.41, 5.74) is 2.03. The largest absolute Gasteiger partial charge is 0.497 e. The lowest BCUT2D eigenvalue weighted by atomic mass is 10.0. The van der Waals surface area contributed by atoms with Crippen molar-refractivity contribution < 1.29 is 19.4 Å². The van der Waals surface area contributed by atoms with Crippen LogP contribution in [0, 0.1) is 5.92 Å². The summed E-state index contributed by atoms with van der Waals surface area (Å²) in [6.45, 7) is 0. The Labute approximate surface area is 153 Å². The number of benzene rings is 2. The Morgan fingerprint density at radius 1 is 1.19 bits per heavy atom. The lowest BCUT2D eigenvalue weighted by Crippen LogP contribution is -2.30. The number of hydrogen-bond acceptors (Lipinski definition) is 3. The molecular weight excluding hydrogens is 330 g/mol. The SMILES string of the molecule is COc1cccc(C2CC2C(=O)NC(CCC(=O)O)c2ccccc2)c1. The number of carboxylic acids is 1. The molecule has 2 aromatic carbocycles. The molecule has 0 aromatic heterocycles. The summed E-state index contributed by atoms with van der Waals surface area (Å²) >= 11 is 0. The van der Waals surface area contributed by atoms with Gasteiger partial charge in [0.25, 0.3) is 0 Å². The number of methoxy groups -OCH3 is 1. The number of rotatable bonds is 8. The predicted octanol–water partition coefficient (Wildman–Crippen LogP) is 3.52. The minimum Gasteiger partial charge on any atom is -0.497 e. The summed E-state index contributed by atoms with van der Waals surface area (Å²) in [5.74, 6) is 0.0363. The predicted molar refractivity (Wildman–Crippen MR) is 98.0 cm³/mol. The smallest absolute Gasteiger partial charge is 0.303 e. The molecule has 3 atom stereocenters. The Kier molecular flexibility index (Phi) is 5.56. The Balaban J connectivity index is 1.65. The zero-order valence-corrected chi connectivity index (χ0v) is 14.7. The van der Waals surface area contributed by atoms with Crippen molar-refractivity contribution in [3.63, 3.8) is 0 Å². The molecule has 2 N–H and O–H groups in total. The maximum atomic E-state index is 12.7. The van der Waals surface area contributed by atoms with Gasteiger partial charge in [0.1, 0.15) is 5.75 Å². The molecule has 0 bridgehead atoms. The highest BCUT2D eigenvalue weighted by Crippen LogP contribution is 2.48. The zero-order valence-electron chi connectivity index (χ0n) is 14.7. The average molecular weight is 353 g/mol. The molecule has 0 spiro atoms. The maximum absolute atomic E-state index is 12.7. The van der Waals surface area contributed by atoms with Gasteiger partial charge in [0, 0.05) is 12.3 Å². The minimum absolute atomic E-state index is 0.0166. The number of amides is 1. The van der Waals surface area contributed by atoms with Gasteiger partial charge in [-0.25, -0.2) is 0 Å². The Morgan fingerprint density at radius 3 is 2.65 bits per heavy atom. The quantitative estimate of drug-likeness (QED) is 0.761. The summed E-state index contributed by atoms with van der Waals surface area (Å²) in [6.07, 6.45) is 1.20. The maximum Gasteiger partial charge on any atom is 0.303 e. The molecular formula is C21H23NO4. The van der Waals surface area contributed by atoms with Gasteiger partial charge in [0.15, 0.2) is 0 Å². The highest BCUT2D eigenvalue weighted by molar-refractivity contribution is 5.83. The normalized spacial score (nSPS) is 19.4. The third-order valence-electron chi connectivity index (χ3n) is 4.81. The summed E-state index contributed by atoms with van der Waals surface area (Å²) in [7, 11) is 1.63. The van der Waals surface area contributed by atoms with Gasteiger partial charge in [-0.2, -0.15) is 0 Å². The van der Waals surface area contributed by atoms with Gasteiger partial charge in [-0.3, -0.25) is 9.59 Å². The summed E-state index contributed by atoms with van der Waals surface area (Å²) in [6, 6.07) is 17.0. The van der Waals surface area contributed by atoms with E-state index < -0.39 is 5.97 Å². The third kappa shape index (κ3) is 4.42. The van der Waals surface area contributed by atoms with Gasteiger partial charge in [-0.15, -0.1) is 0 Å². The van der Waals surface area contributed by atoms with Gasteiger partial charge in [0.05, 0.1) is 13.2 Å². The molecule has 0 heterocycles. The number of ether oxygens (including phenoxy) is 1. The highest BCUT2D eigenvalue weighted by Gasteiger charge is 2.44. The molecule has 26 heavy (non-hydrogen) atoms. The first-order chi connectivity index (χ1) is 12.6. The molecule has 1 fully saturated rings. The van der Waals surface area contributed by atoms with E-state index in [-0.39, 0.29) is 30.2 Å². The molecule has 1 saturated carbocycles. The van der Waals surface area contributed by atoms with Crippen LogP contribution in [-0.4, -0.2) is 24.1 Å². The zero-order chi connectivity index (χ0) is 18.5. The van der Waals surface area contributed by atoms with Crippen molar-refractivity contribution in [2.45, 2.75) is 31.2 Å². The van der Waals surface area contributed by atoms with Crippen molar-refractivity contribution in [3.8, 4) is 5.75 Å². The van der Waals surface area contributed by atoms with Crippen LogP contribution >= 0.6 is 0 Å². The highest BCUT2D eigenvalue weighted by atomic mass is 16.5. The van der Waals surface area contributed by atoms with Crippen LogP contribution in [-0.2, 0) is 9.59 Å². The first-order valence-electron chi connectivity index (χ1n) is 8.79. The lowest BCUT2D eigenvalue weighted by molar-refractivity contribution is -0.137. The molecule has 2 aromatic rings. The second kappa shape index (κ2) is 8.04. The van der Waals surface area contributed by atoms with Crippen molar-refractivity contribution in [1.82, 2.24) is 5.32 Å². The number of nitrogens with one attached hydrogen (secondary N) is 1. The fourth-order valence-corrected chi connectivity index (χ4v) is 3.28. The van der Waals surface area contributed by atoms with Crippen molar-refractivity contribution in [1.29, 1.82) is 0 Å². The van der Waals surface area contributed by atoms with E-state index in [0.29, 0.717) is 6.42 Å². The molecule has 136 valence electrons. The van der Waals surface area contributed by atoms with E-state index in [4.69, 9.17) is 9.84 Å². The molecule has 0 saturated heterocycles. The Bertz CT molecular complexity index is 775. The lowest BCUT2D eigenvalue weighted by Gasteiger charge is -2.18.